The topological polar surface area (TPSA) is 27.7 Å². The van der Waals surface area contributed by atoms with Crippen LogP contribution >= 0.6 is 12.6 Å². The van der Waals surface area contributed by atoms with Crippen molar-refractivity contribution in [2.75, 3.05) is 19.0 Å². The highest BCUT2D eigenvalue weighted by atomic mass is 32.1. The molecule has 0 unspecified atom stereocenters. The molecule has 2 aliphatic carbocycles. The van der Waals surface area contributed by atoms with Gasteiger partial charge in [-0.25, -0.2) is 0 Å². The van der Waals surface area contributed by atoms with Crippen LogP contribution in [0.4, 0.5) is 0 Å². The molecule has 2 aromatic rings. The van der Waals surface area contributed by atoms with E-state index in [9.17, 15) is 0 Å². The van der Waals surface area contributed by atoms with Gasteiger partial charge in [0.15, 0.2) is 0 Å². The smallest absolute Gasteiger partial charge is 0.133 e. The molecule has 0 saturated heterocycles. The molecule has 0 atom stereocenters. The van der Waals surface area contributed by atoms with E-state index >= 15 is 0 Å². The molecule has 2 aromatic carbocycles. The first-order valence-corrected chi connectivity index (χ1v) is 13.6. The van der Waals surface area contributed by atoms with Gasteiger partial charge in [0.05, 0.1) is 13.2 Å². The van der Waals surface area contributed by atoms with Crippen LogP contribution in [0.3, 0.4) is 0 Å². The lowest BCUT2D eigenvalue weighted by atomic mass is 9.89. The molecule has 184 valence electrons. The van der Waals surface area contributed by atoms with Gasteiger partial charge in [-0.05, 0) is 124 Å². The van der Waals surface area contributed by atoms with Crippen molar-refractivity contribution in [1.82, 2.24) is 0 Å². The summed E-state index contributed by atoms with van der Waals surface area (Å²) in [7, 11) is 0. The maximum Gasteiger partial charge on any atom is 0.133 e. The summed E-state index contributed by atoms with van der Waals surface area (Å²) in [6, 6.07) is 16.6. The van der Waals surface area contributed by atoms with Crippen LogP contribution in [0, 0.1) is 0 Å². The number of ether oxygens (including phenoxy) is 3. The number of benzene rings is 2. The Balaban J connectivity index is 0.00000158. The minimum atomic E-state index is 0.674. The quantitative estimate of drug-likeness (QED) is 0.198. The number of thiol groups is 1. The summed E-state index contributed by atoms with van der Waals surface area (Å²) in [5, 5.41) is 0. The number of hydrogen-bond donors (Lipinski definition) is 1. The SMILES string of the molecule is CC.CCOc1ccc(C(Oc2ccc(C(OCCCCS)=C3CCC3)cc2)=C2CCC2)cc1. The summed E-state index contributed by atoms with van der Waals surface area (Å²) in [4.78, 5) is 0. The molecule has 0 amide bonds. The molecular formula is C30H40O3S. The zero-order valence-corrected chi connectivity index (χ0v) is 22.0. The van der Waals surface area contributed by atoms with E-state index in [1.54, 1.807) is 0 Å². The van der Waals surface area contributed by atoms with Crippen molar-refractivity contribution >= 4 is 24.1 Å². The molecule has 0 aromatic heterocycles. The second-order valence-corrected chi connectivity index (χ2v) is 8.88. The average molecular weight is 481 g/mol. The third kappa shape index (κ3) is 7.09. The molecule has 34 heavy (non-hydrogen) atoms. The molecule has 0 spiro atoms. The second-order valence-electron chi connectivity index (χ2n) is 8.44. The van der Waals surface area contributed by atoms with E-state index in [1.807, 2.05) is 32.9 Å². The molecule has 0 heterocycles. The summed E-state index contributed by atoms with van der Waals surface area (Å²) in [6.45, 7) is 7.43. The summed E-state index contributed by atoms with van der Waals surface area (Å²) in [6.07, 6.45) is 9.14. The van der Waals surface area contributed by atoms with Gasteiger partial charge in [-0.15, -0.1) is 0 Å². The lowest BCUT2D eigenvalue weighted by molar-refractivity contribution is 0.264. The molecule has 4 rings (SSSR count). The fourth-order valence-electron chi connectivity index (χ4n) is 3.94. The van der Waals surface area contributed by atoms with Gasteiger partial charge in [0.25, 0.3) is 0 Å². The molecular weight excluding hydrogens is 440 g/mol. The van der Waals surface area contributed by atoms with E-state index in [-0.39, 0.29) is 0 Å². The van der Waals surface area contributed by atoms with E-state index < -0.39 is 0 Å². The van der Waals surface area contributed by atoms with E-state index in [2.05, 4.69) is 49.0 Å². The predicted molar refractivity (Wildman–Crippen MR) is 147 cm³/mol. The van der Waals surface area contributed by atoms with Crippen molar-refractivity contribution in [3.63, 3.8) is 0 Å². The maximum atomic E-state index is 6.43. The van der Waals surface area contributed by atoms with Gasteiger partial charge in [0.2, 0.25) is 0 Å². The van der Waals surface area contributed by atoms with Crippen molar-refractivity contribution in [3.05, 3.63) is 70.8 Å². The Morgan fingerprint density at radius 3 is 1.76 bits per heavy atom. The van der Waals surface area contributed by atoms with E-state index in [4.69, 9.17) is 14.2 Å². The van der Waals surface area contributed by atoms with Crippen LogP contribution in [0.25, 0.3) is 11.5 Å². The number of allylic oxidation sites excluding steroid dienone is 2. The summed E-state index contributed by atoms with van der Waals surface area (Å²) >= 11 is 4.30. The monoisotopic (exact) mass is 480 g/mol. The Bertz CT molecular complexity index is 930. The molecule has 2 fully saturated rings. The Morgan fingerprint density at radius 2 is 1.26 bits per heavy atom. The van der Waals surface area contributed by atoms with Crippen LogP contribution in [0.1, 0.15) is 83.3 Å². The number of rotatable bonds is 11. The second kappa shape index (κ2) is 14.2. The van der Waals surface area contributed by atoms with Crippen molar-refractivity contribution < 1.29 is 14.2 Å². The van der Waals surface area contributed by atoms with Gasteiger partial charge in [-0.3, -0.25) is 0 Å². The van der Waals surface area contributed by atoms with Gasteiger partial charge < -0.3 is 14.2 Å². The van der Waals surface area contributed by atoms with Crippen LogP contribution in [-0.4, -0.2) is 19.0 Å². The van der Waals surface area contributed by atoms with Crippen LogP contribution in [0.2, 0.25) is 0 Å². The third-order valence-corrected chi connectivity index (χ3v) is 6.44. The standard InChI is InChI=1S/C28H34O3S.C2H6/c1-2-29-25-15-11-24(12-16-25)28(22-9-6-10-22)31-26-17-13-23(14-18-26)27(21-7-5-8-21)30-19-3-4-20-32;1-2/h11-18,32H,2-10,19-20H2,1H3;1-2H3. The highest BCUT2D eigenvalue weighted by Crippen LogP contribution is 2.37. The normalized spacial score (nSPS) is 14.2. The minimum Gasteiger partial charge on any atom is -0.494 e. The highest BCUT2D eigenvalue weighted by molar-refractivity contribution is 7.80. The fraction of sp³-hybridized carbons (Fsp3) is 0.467. The van der Waals surface area contributed by atoms with E-state index in [0.29, 0.717) is 6.61 Å². The maximum absolute atomic E-state index is 6.43. The lowest BCUT2D eigenvalue weighted by Crippen LogP contribution is -2.07. The zero-order chi connectivity index (χ0) is 24.2. The lowest BCUT2D eigenvalue weighted by Gasteiger charge is -2.24. The summed E-state index contributed by atoms with van der Waals surface area (Å²) in [5.74, 6) is 4.74. The minimum absolute atomic E-state index is 0.674. The first-order chi connectivity index (χ1) is 16.8. The zero-order valence-electron chi connectivity index (χ0n) is 21.1. The Kier molecular flexibility index (Phi) is 10.9. The summed E-state index contributed by atoms with van der Waals surface area (Å²) < 4.78 is 18.2. The molecule has 0 N–H and O–H groups in total. The van der Waals surface area contributed by atoms with Gasteiger partial charge in [0.1, 0.15) is 23.0 Å². The van der Waals surface area contributed by atoms with Gasteiger partial charge in [-0.1, -0.05) is 13.8 Å². The van der Waals surface area contributed by atoms with Crippen LogP contribution < -0.4 is 9.47 Å². The van der Waals surface area contributed by atoms with Crippen LogP contribution in [0.5, 0.6) is 11.5 Å². The first kappa shape index (κ1) is 26.3. The molecule has 2 aliphatic rings. The van der Waals surface area contributed by atoms with Gasteiger partial charge >= 0.3 is 0 Å². The highest BCUT2D eigenvalue weighted by Gasteiger charge is 2.20. The first-order valence-electron chi connectivity index (χ1n) is 13.0. The van der Waals surface area contributed by atoms with Gasteiger partial charge in [-0.2, -0.15) is 12.6 Å². The van der Waals surface area contributed by atoms with Crippen LogP contribution in [-0.2, 0) is 4.74 Å². The van der Waals surface area contributed by atoms with Crippen molar-refractivity contribution in [2.24, 2.45) is 0 Å². The molecule has 3 nitrogen and oxygen atoms in total. The predicted octanol–water partition coefficient (Wildman–Crippen LogP) is 8.71. The largest absolute Gasteiger partial charge is 0.494 e. The Labute approximate surface area is 211 Å². The molecule has 0 aliphatic heterocycles. The van der Waals surface area contributed by atoms with E-state index in [0.717, 1.165) is 85.0 Å². The van der Waals surface area contributed by atoms with Crippen molar-refractivity contribution in [2.45, 2.75) is 72.1 Å². The molecule has 4 heteroatoms. The summed E-state index contributed by atoms with van der Waals surface area (Å²) in [5.41, 5.74) is 5.09. The molecule has 0 bridgehead atoms. The van der Waals surface area contributed by atoms with Crippen LogP contribution in [0.15, 0.2) is 59.7 Å². The third-order valence-electron chi connectivity index (χ3n) is 6.12. The molecule has 2 saturated carbocycles. The fourth-order valence-corrected chi connectivity index (χ4v) is 4.16. The van der Waals surface area contributed by atoms with Gasteiger partial charge in [0, 0.05) is 11.1 Å². The number of unbranched alkanes of at least 4 members (excludes halogenated alkanes) is 1. The van der Waals surface area contributed by atoms with Crippen molar-refractivity contribution in [1.29, 1.82) is 0 Å². The molecule has 0 radical (unpaired) electrons. The number of hydrogen-bond acceptors (Lipinski definition) is 4. The Hall–Kier alpha value is -2.33. The van der Waals surface area contributed by atoms with Crippen molar-refractivity contribution in [3.8, 4) is 11.5 Å². The Morgan fingerprint density at radius 1 is 0.735 bits per heavy atom. The van der Waals surface area contributed by atoms with E-state index in [1.165, 1.54) is 24.0 Å². The average Bonchev–Trinajstić information content (AvgIpc) is 2.81.